The number of carbonyl (C=O) groups is 1. The Hall–Kier alpha value is -3.55. The number of hydrogen-bond donors (Lipinski definition) is 1. The molecule has 0 fully saturated rings. The van der Waals surface area contributed by atoms with Gasteiger partial charge >= 0.3 is 0 Å². The third kappa shape index (κ3) is 3.62. The maximum Gasteiger partial charge on any atom is 0.251 e. The Morgan fingerprint density at radius 2 is 1.89 bits per heavy atom. The van der Waals surface area contributed by atoms with Crippen molar-refractivity contribution in [3.63, 3.8) is 0 Å². The van der Waals surface area contributed by atoms with Gasteiger partial charge < -0.3 is 9.88 Å². The lowest BCUT2D eigenvalue weighted by Gasteiger charge is -2.12. The second kappa shape index (κ2) is 7.59. The summed E-state index contributed by atoms with van der Waals surface area (Å²) in [5.74, 6) is 1.19. The van der Waals surface area contributed by atoms with Crippen LogP contribution in [-0.2, 0) is 13.1 Å². The van der Waals surface area contributed by atoms with Gasteiger partial charge in [0, 0.05) is 12.1 Å². The fraction of sp³-hybridized carbons (Fsp3) is 0.250. The monoisotopic (exact) mass is 375 g/mol. The van der Waals surface area contributed by atoms with Crippen LogP contribution in [-0.4, -0.2) is 35.7 Å². The van der Waals surface area contributed by atoms with Crippen molar-refractivity contribution in [1.82, 2.24) is 35.1 Å². The van der Waals surface area contributed by atoms with E-state index < -0.39 is 0 Å². The Morgan fingerprint density at radius 3 is 2.61 bits per heavy atom. The highest BCUT2D eigenvalue weighted by Crippen LogP contribution is 2.18. The van der Waals surface area contributed by atoms with Gasteiger partial charge in [-0.05, 0) is 52.7 Å². The molecule has 0 unspecified atom stereocenters. The van der Waals surface area contributed by atoms with Crippen molar-refractivity contribution in [2.24, 2.45) is 5.92 Å². The van der Waals surface area contributed by atoms with E-state index in [1.165, 1.54) is 11.0 Å². The molecule has 28 heavy (non-hydrogen) atoms. The van der Waals surface area contributed by atoms with E-state index in [1.807, 2.05) is 18.2 Å². The first kappa shape index (κ1) is 17.8. The largest absolute Gasteiger partial charge is 0.345 e. The summed E-state index contributed by atoms with van der Waals surface area (Å²) in [6.45, 7) is 5.56. The Morgan fingerprint density at radius 1 is 1.11 bits per heavy atom. The molecule has 0 radical (unpaired) electrons. The zero-order valence-corrected chi connectivity index (χ0v) is 15.8. The van der Waals surface area contributed by atoms with E-state index in [0.717, 1.165) is 29.1 Å². The number of amides is 1. The lowest BCUT2D eigenvalue weighted by Crippen LogP contribution is -2.25. The highest BCUT2D eigenvalue weighted by molar-refractivity contribution is 5.94. The molecule has 0 saturated carbocycles. The average Bonchev–Trinajstić information content (AvgIpc) is 3.35. The molecule has 4 rings (SSSR count). The summed E-state index contributed by atoms with van der Waals surface area (Å²) >= 11 is 0. The van der Waals surface area contributed by atoms with E-state index in [0.29, 0.717) is 18.0 Å². The summed E-state index contributed by atoms with van der Waals surface area (Å²) in [4.78, 5) is 17.3. The number of benzene rings is 2. The van der Waals surface area contributed by atoms with E-state index in [1.54, 1.807) is 24.3 Å². The number of carbonyl (C=O) groups excluding carboxylic acids is 1. The molecule has 0 aliphatic rings. The fourth-order valence-electron chi connectivity index (χ4n) is 3.14. The van der Waals surface area contributed by atoms with Crippen LogP contribution in [0, 0.1) is 5.92 Å². The molecule has 8 nitrogen and oxygen atoms in total. The van der Waals surface area contributed by atoms with Gasteiger partial charge in [0.05, 0.1) is 23.3 Å². The molecule has 0 spiro atoms. The number of nitrogens with zero attached hydrogens (tertiary/aromatic N) is 6. The minimum atomic E-state index is -0.147. The fourth-order valence-corrected chi connectivity index (χ4v) is 3.14. The van der Waals surface area contributed by atoms with Gasteiger partial charge in [-0.2, -0.15) is 0 Å². The highest BCUT2D eigenvalue weighted by Gasteiger charge is 2.13. The lowest BCUT2D eigenvalue weighted by atomic mass is 10.2. The Balaban J connectivity index is 1.50. The van der Waals surface area contributed by atoms with Crippen molar-refractivity contribution in [1.29, 1.82) is 0 Å². The third-order valence-corrected chi connectivity index (χ3v) is 4.43. The minimum absolute atomic E-state index is 0.147. The summed E-state index contributed by atoms with van der Waals surface area (Å²) < 4.78 is 3.72. The SMILES string of the molecule is CC(C)Cn1c(CNC(=O)c2ccc(-n3cnnn3)cc2)nc2ccccc21. The van der Waals surface area contributed by atoms with Crippen LogP contribution in [0.1, 0.15) is 30.0 Å². The van der Waals surface area contributed by atoms with Gasteiger partial charge in [-0.15, -0.1) is 5.10 Å². The number of hydrogen-bond acceptors (Lipinski definition) is 5. The molecule has 142 valence electrons. The number of para-hydroxylation sites is 2. The molecule has 0 aliphatic carbocycles. The smallest absolute Gasteiger partial charge is 0.251 e. The van der Waals surface area contributed by atoms with Gasteiger partial charge in [0.2, 0.25) is 0 Å². The van der Waals surface area contributed by atoms with Crippen LogP contribution in [0.25, 0.3) is 16.7 Å². The van der Waals surface area contributed by atoms with Crippen LogP contribution in [0.4, 0.5) is 0 Å². The molecular weight excluding hydrogens is 354 g/mol. The number of imidazole rings is 1. The van der Waals surface area contributed by atoms with Crippen molar-refractivity contribution >= 4 is 16.9 Å². The van der Waals surface area contributed by atoms with E-state index in [9.17, 15) is 4.79 Å². The first-order valence-corrected chi connectivity index (χ1v) is 9.17. The van der Waals surface area contributed by atoms with Crippen LogP contribution >= 0.6 is 0 Å². The van der Waals surface area contributed by atoms with Crippen molar-refractivity contribution in [3.8, 4) is 5.69 Å². The molecule has 2 aromatic heterocycles. The lowest BCUT2D eigenvalue weighted by molar-refractivity contribution is 0.0949. The average molecular weight is 375 g/mol. The Kier molecular flexibility index (Phi) is 4.84. The van der Waals surface area contributed by atoms with Gasteiger partial charge in [0.1, 0.15) is 12.2 Å². The Bertz CT molecular complexity index is 1080. The van der Waals surface area contributed by atoms with Crippen molar-refractivity contribution in [2.75, 3.05) is 0 Å². The maximum atomic E-state index is 12.6. The first-order valence-electron chi connectivity index (χ1n) is 9.17. The number of nitrogens with one attached hydrogen (secondary N) is 1. The highest BCUT2D eigenvalue weighted by atomic mass is 16.1. The molecule has 0 atom stereocenters. The topological polar surface area (TPSA) is 90.5 Å². The van der Waals surface area contributed by atoms with Gasteiger partial charge in [-0.25, -0.2) is 9.67 Å². The molecule has 2 aromatic carbocycles. The van der Waals surface area contributed by atoms with Gasteiger partial charge in [-0.3, -0.25) is 4.79 Å². The molecule has 4 aromatic rings. The van der Waals surface area contributed by atoms with Crippen molar-refractivity contribution < 1.29 is 4.79 Å². The summed E-state index contributed by atoms with van der Waals surface area (Å²) in [6, 6.07) is 15.2. The number of fused-ring (bicyclic) bond motifs is 1. The molecule has 0 bridgehead atoms. The van der Waals surface area contributed by atoms with E-state index >= 15 is 0 Å². The van der Waals surface area contributed by atoms with Crippen LogP contribution < -0.4 is 5.32 Å². The quantitative estimate of drug-likeness (QED) is 0.559. The van der Waals surface area contributed by atoms with Gasteiger partial charge in [0.25, 0.3) is 5.91 Å². The minimum Gasteiger partial charge on any atom is -0.345 e. The zero-order valence-electron chi connectivity index (χ0n) is 15.8. The molecular formula is C20H21N7O. The van der Waals surface area contributed by atoms with Crippen LogP contribution in [0.3, 0.4) is 0 Å². The summed E-state index contributed by atoms with van der Waals surface area (Å²) in [5, 5.41) is 14.0. The van der Waals surface area contributed by atoms with Crippen LogP contribution in [0.2, 0.25) is 0 Å². The second-order valence-electron chi connectivity index (χ2n) is 7.01. The van der Waals surface area contributed by atoms with Gasteiger partial charge in [0.15, 0.2) is 0 Å². The predicted octanol–water partition coefficient (Wildman–Crippen LogP) is 2.60. The summed E-state index contributed by atoms with van der Waals surface area (Å²) in [7, 11) is 0. The molecule has 1 N–H and O–H groups in total. The number of tetrazole rings is 1. The predicted molar refractivity (Wildman–Crippen MR) is 105 cm³/mol. The zero-order chi connectivity index (χ0) is 19.5. The van der Waals surface area contributed by atoms with Crippen molar-refractivity contribution in [3.05, 3.63) is 66.2 Å². The molecule has 0 aliphatic heterocycles. The Labute approximate surface area is 162 Å². The maximum absolute atomic E-state index is 12.6. The molecule has 2 heterocycles. The van der Waals surface area contributed by atoms with Gasteiger partial charge in [-0.1, -0.05) is 26.0 Å². The first-order chi connectivity index (χ1) is 13.6. The van der Waals surface area contributed by atoms with E-state index in [2.05, 4.69) is 45.3 Å². The van der Waals surface area contributed by atoms with E-state index in [4.69, 9.17) is 4.98 Å². The van der Waals surface area contributed by atoms with Crippen molar-refractivity contribution in [2.45, 2.75) is 26.9 Å². The van der Waals surface area contributed by atoms with E-state index in [-0.39, 0.29) is 5.91 Å². The summed E-state index contributed by atoms with van der Waals surface area (Å²) in [5.41, 5.74) is 3.40. The number of aromatic nitrogens is 6. The normalized spacial score (nSPS) is 11.2. The van der Waals surface area contributed by atoms with Crippen LogP contribution in [0.15, 0.2) is 54.9 Å². The molecule has 1 amide bonds. The molecule has 8 heteroatoms. The third-order valence-electron chi connectivity index (χ3n) is 4.43. The van der Waals surface area contributed by atoms with Crippen LogP contribution in [0.5, 0.6) is 0 Å². The number of rotatable bonds is 6. The second-order valence-corrected chi connectivity index (χ2v) is 7.01. The summed E-state index contributed by atoms with van der Waals surface area (Å²) in [6.07, 6.45) is 1.51. The standard InChI is InChI=1S/C20H21N7O/c1-14(2)12-26-18-6-4-3-5-17(18)23-19(26)11-21-20(28)15-7-9-16(10-8-15)27-13-22-24-25-27/h3-10,13-14H,11-12H2,1-2H3,(H,21,28). The molecule has 0 saturated heterocycles.